The second kappa shape index (κ2) is 5.49. The highest BCUT2D eigenvalue weighted by molar-refractivity contribution is 7.99. The summed E-state index contributed by atoms with van der Waals surface area (Å²) in [6, 6.07) is 5.50. The van der Waals surface area contributed by atoms with Crippen LogP contribution >= 0.6 is 23.4 Å². The van der Waals surface area contributed by atoms with E-state index < -0.39 is 0 Å². The molecule has 0 aliphatic heterocycles. The van der Waals surface area contributed by atoms with Crippen molar-refractivity contribution in [3.8, 4) is 0 Å². The Balaban J connectivity index is 2.62. The molecule has 2 N–H and O–H groups in total. The number of anilines is 1. The van der Waals surface area contributed by atoms with Crippen molar-refractivity contribution >= 4 is 29.1 Å². The monoisotopic (exact) mass is 231 g/mol. The molecule has 14 heavy (non-hydrogen) atoms. The summed E-state index contributed by atoms with van der Waals surface area (Å²) in [5, 5.41) is 0.743. The van der Waals surface area contributed by atoms with E-state index in [1.54, 1.807) is 24.9 Å². The number of halogens is 1. The van der Waals surface area contributed by atoms with Gasteiger partial charge in [0.25, 0.3) is 0 Å². The topological polar surface area (TPSA) is 35.2 Å². The van der Waals surface area contributed by atoms with Crippen molar-refractivity contribution in [3.05, 3.63) is 23.2 Å². The zero-order valence-electron chi connectivity index (χ0n) is 8.29. The highest BCUT2D eigenvalue weighted by atomic mass is 35.5. The molecule has 1 aromatic carbocycles. The van der Waals surface area contributed by atoms with Gasteiger partial charge in [0.15, 0.2) is 0 Å². The minimum atomic E-state index is 0.220. The van der Waals surface area contributed by atoms with Gasteiger partial charge in [0.05, 0.1) is 11.1 Å². The third-order valence-corrected chi connectivity index (χ3v) is 3.56. The maximum absolute atomic E-state index is 6.01. The van der Waals surface area contributed by atoms with Gasteiger partial charge in [-0.25, -0.2) is 0 Å². The maximum Gasteiger partial charge on any atom is 0.0637 e. The largest absolute Gasteiger partial charge is 0.399 e. The van der Waals surface area contributed by atoms with Crippen molar-refractivity contribution < 1.29 is 4.74 Å². The van der Waals surface area contributed by atoms with E-state index in [2.05, 4.69) is 0 Å². The second-order valence-corrected chi connectivity index (χ2v) is 4.52. The summed E-state index contributed by atoms with van der Waals surface area (Å²) in [5.41, 5.74) is 6.40. The molecule has 0 radical (unpaired) electrons. The van der Waals surface area contributed by atoms with Crippen molar-refractivity contribution in [2.45, 2.75) is 17.9 Å². The summed E-state index contributed by atoms with van der Waals surface area (Å²) < 4.78 is 5.15. The molecule has 0 fully saturated rings. The summed E-state index contributed by atoms with van der Waals surface area (Å²) in [4.78, 5) is 1.01. The van der Waals surface area contributed by atoms with Crippen LogP contribution in [0.15, 0.2) is 23.1 Å². The first-order valence-corrected chi connectivity index (χ1v) is 5.70. The molecule has 0 amide bonds. The molecule has 1 rings (SSSR count). The number of rotatable bonds is 4. The Morgan fingerprint density at radius 2 is 2.29 bits per heavy atom. The number of hydrogen-bond donors (Lipinski definition) is 1. The number of methoxy groups -OCH3 is 1. The molecule has 2 nitrogen and oxygen atoms in total. The van der Waals surface area contributed by atoms with Crippen molar-refractivity contribution in [1.29, 1.82) is 0 Å². The molecule has 0 aromatic heterocycles. The van der Waals surface area contributed by atoms with Crippen LogP contribution in [0.5, 0.6) is 0 Å². The van der Waals surface area contributed by atoms with E-state index in [4.69, 9.17) is 22.1 Å². The van der Waals surface area contributed by atoms with Crippen LogP contribution in [0.4, 0.5) is 5.69 Å². The predicted molar refractivity (Wildman–Crippen MR) is 63.1 cm³/mol. The quantitative estimate of drug-likeness (QED) is 0.639. The predicted octanol–water partition coefficient (Wildman–Crippen LogP) is 3.05. The molecule has 0 saturated heterocycles. The Hall–Kier alpha value is -0.380. The maximum atomic E-state index is 6.01. The molecule has 0 aliphatic rings. The van der Waals surface area contributed by atoms with Crippen LogP contribution in [-0.2, 0) is 4.74 Å². The number of nitrogen functional groups attached to an aromatic ring is 1. The lowest BCUT2D eigenvalue weighted by molar-refractivity contribution is 0.138. The van der Waals surface area contributed by atoms with Crippen LogP contribution < -0.4 is 5.73 Å². The smallest absolute Gasteiger partial charge is 0.0637 e. The van der Waals surface area contributed by atoms with Crippen molar-refractivity contribution in [2.24, 2.45) is 0 Å². The molecule has 1 unspecified atom stereocenters. The summed E-state index contributed by atoms with van der Waals surface area (Å²) in [7, 11) is 1.70. The lowest BCUT2D eigenvalue weighted by Crippen LogP contribution is -2.07. The van der Waals surface area contributed by atoms with Crippen LogP contribution in [-0.4, -0.2) is 19.0 Å². The summed E-state index contributed by atoms with van der Waals surface area (Å²) in [6.07, 6.45) is 0.220. The van der Waals surface area contributed by atoms with Crippen LogP contribution in [0, 0.1) is 0 Å². The lowest BCUT2D eigenvalue weighted by atomic mass is 10.3. The Morgan fingerprint density at radius 3 is 2.93 bits per heavy atom. The Labute approximate surface area is 93.8 Å². The fourth-order valence-electron chi connectivity index (χ4n) is 0.906. The fourth-order valence-corrected chi connectivity index (χ4v) is 2.16. The first kappa shape index (κ1) is 11.7. The third kappa shape index (κ3) is 3.40. The van der Waals surface area contributed by atoms with Gasteiger partial charge in [0, 0.05) is 23.4 Å². The second-order valence-electron chi connectivity index (χ2n) is 3.05. The van der Waals surface area contributed by atoms with E-state index >= 15 is 0 Å². The number of ether oxygens (including phenoxy) is 1. The van der Waals surface area contributed by atoms with Crippen molar-refractivity contribution in [3.63, 3.8) is 0 Å². The fraction of sp³-hybridized carbons (Fsp3) is 0.400. The average molecular weight is 232 g/mol. The molecule has 0 bridgehead atoms. The standard InChI is InChI=1S/C10H14ClNOS/c1-7(13-2)6-14-10-5-8(12)3-4-9(10)11/h3-5,7H,6,12H2,1-2H3. The average Bonchev–Trinajstić information content (AvgIpc) is 2.19. The molecule has 78 valence electrons. The minimum Gasteiger partial charge on any atom is -0.399 e. The van der Waals surface area contributed by atoms with Gasteiger partial charge < -0.3 is 10.5 Å². The van der Waals surface area contributed by atoms with Crippen LogP contribution in [0.3, 0.4) is 0 Å². The number of thioether (sulfide) groups is 1. The van der Waals surface area contributed by atoms with Gasteiger partial charge in [0.2, 0.25) is 0 Å². The molecular weight excluding hydrogens is 218 g/mol. The van der Waals surface area contributed by atoms with E-state index in [1.807, 2.05) is 19.1 Å². The van der Waals surface area contributed by atoms with E-state index in [9.17, 15) is 0 Å². The zero-order chi connectivity index (χ0) is 10.6. The molecular formula is C10H14ClNOS. The van der Waals surface area contributed by atoms with Gasteiger partial charge in [-0.3, -0.25) is 0 Å². The molecule has 0 aliphatic carbocycles. The zero-order valence-corrected chi connectivity index (χ0v) is 9.86. The molecule has 1 atom stereocenters. The molecule has 0 saturated carbocycles. The van der Waals surface area contributed by atoms with Crippen LogP contribution in [0.2, 0.25) is 5.02 Å². The number of hydrogen-bond acceptors (Lipinski definition) is 3. The summed E-state index contributed by atoms with van der Waals surface area (Å²) in [5.74, 6) is 0.875. The van der Waals surface area contributed by atoms with Gasteiger partial charge in [-0.05, 0) is 25.1 Å². The molecule has 1 aromatic rings. The number of benzene rings is 1. The van der Waals surface area contributed by atoms with E-state index in [0.717, 1.165) is 21.4 Å². The SMILES string of the molecule is COC(C)CSc1cc(N)ccc1Cl. The van der Waals surface area contributed by atoms with E-state index in [0.29, 0.717) is 0 Å². The van der Waals surface area contributed by atoms with Gasteiger partial charge >= 0.3 is 0 Å². The Bertz CT molecular complexity index is 306. The van der Waals surface area contributed by atoms with Crippen LogP contribution in [0.25, 0.3) is 0 Å². The molecule has 0 spiro atoms. The third-order valence-electron chi connectivity index (χ3n) is 1.83. The van der Waals surface area contributed by atoms with Crippen molar-refractivity contribution in [1.82, 2.24) is 0 Å². The minimum absolute atomic E-state index is 0.220. The summed E-state index contributed by atoms with van der Waals surface area (Å²) in [6.45, 7) is 2.02. The first-order valence-electron chi connectivity index (χ1n) is 4.34. The van der Waals surface area contributed by atoms with E-state index in [-0.39, 0.29) is 6.10 Å². The lowest BCUT2D eigenvalue weighted by Gasteiger charge is -2.09. The normalized spacial score (nSPS) is 12.8. The molecule has 0 heterocycles. The number of nitrogens with two attached hydrogens (primary N) is 1. The first-order chi connectivity index (χ1) is 6.63. The van der Waals surface area contributed by atoms with E-state index in [1.165, 1.54) is 0 Å². The van der Waals surface area contributed by atoms with Gasteiger partial charge in [0.1, 0.15) is 0 Å². The highest BCUT2D eigenvalue weighted by Gasteiger charge is 2.04. The van der Waals surface area contributed by atoms with Crippen LogP contribution in [0.1, 0.15) is 6.92 Å². The Kier molecular flexibility index (Phi) is 4.58. The summed E-state index contributed by atoms with van der Waals surface area (Å²) >= 11 is 7.66. The molecule has 4 heteroatoms. The Morgan fingerprint density at radius 1 is 1.57 bits per heavy atom. The highest BCUT2D eigenvalue weighted by Crippen LogP contribution is 2.29. The van der Waals surface area contributed by atoms with Gasteiger partial charge in [-0.15, -0.1) is 11.8 Å². The van der Waals surface area contributed by atoms with Gasteiger partial charge in [-0.1, -0.05) is 11.6 Å². The van der Waals surface area contributed by atoms with Crippen molar-refractivity contribution in [2.75, 3.05) is 18.6 Å². The van der Waals surface area contributed by atoms with Gasteiger partial charge in [-0.2, -0.15) is 0 Å².